The standard InChI is InChI=1S/C25H25N3OS/c1-18-11-12-20(19(2)17-18)26-13-15-27(16-14-26)25(29)28-21-7-3-5-9-23(21)30-24-10-6-4-8-22(24)28/h3-12,17H,13-16H2,1-2H3. The van der Waals surface area contributed by atoms with Gasteiger partial charge in [-0.05, 0) is 49.7 Å². The number of nitrogens with zero attached hydrogens (tertiary/aromatic N) is 3. The van der Waals surface area contributed by atoms with Gasteiger partial charge >= 0.3 is 6.03 Å². The Morgan fingerprint density at radius 3 is 1.97 bits per heavy atom. The first kappa shape index (κ1) is 19.1. The zero-order valence-electron chi connectivity index (χ0n) is 17.3. The molecule has 0 unspecified atom stereocenters. The van der Waals surface area contributed by atoms with E-state index in [4.69, 9.17) is 0 Å². The van der Waals surface area contributed by atoms with E-state index in [0.29, 0.717) is 0 Å². The van der Waals surface area contributed by atoms with Gasteiger partial charge < -0.3 is 9.80 Å². The Morgan fingerprint density at radius 2 is 1.37 bits per heavy atom. The van der Waals surface area contributed by atoms with Crippen molar-refractivity contribution in [2.24, 2.45) is 0 Å². The molecular weight excluding hydrogens is 390 g/mol. The third-order valence-electron chi connectivity index (χ3n) is 5.87. The van der Waals surface area contributed by atoms with Crippen LogP contribution in [0.25, 0.3) is 0 Å². The molecule has 0 aliphatic carbocycles. The summed E-state index contributed by atoms with van der Waals surface area (Å²) < 4.78 is 0. The van der Waals surface area contributed by atoms with Crippen molar-refractivity contribution >= 4 is 34.9 Å². The quantitative estimate of drug-likeness (QED) is 0.499. The second kappa shape index (κ2) is 7.73. The van der Waals surface area contributed by atoms with Crippen LogP contribution in [-0.2, 0) is 0 Å². The molecule has 0 atom stereocenters. The van der Waals surface area contributed by atoms with Crippen LogP contribution in [0.1, 0.15) is 11.1 Å². The maximum absolute atomic E-state index is 13.7. The lowest BCUT2D eigenvalue weighted by Crippen LogP contribution is -2.52. The van der Waals surface area contributed by atoms with Crippen molar-refractivity contribution in [3.63, 3.8) is 0 Å². The summed E-state index contributed by atoms with van der Waals surface area (Å²) in [6.45, 7) is 7.43. The number of piperazine rings is 1. The normalized spacial score (nSPS) is 15.6. The van der Waals surface area contributed by atoms with Crippen molar-refractivity contribution in [3.8, 4) is 0 Å². The van der Waals surface area contributed by atoms with Gasteiger partial charge in [-0.15, -0.1) is 0 Å². The molecule has 30 heavy (non-hydrogen) atoms. The Hall–Kier alpha value is -2.92. The summed E-state index contributed by atoms with van der Waals surface area (Å²) in [4.78, 5) is 22.2. The molecule has 0 N–H and O–H groups in total. The minimum absolute atomic E-state index is 0.0653. The molecule has 2 aliphatic rings. The number of urea groups is 1. The molecule has 0 bridgehead atoms. The molecule has 2 heterocycles. The van der Waals surface area contributed by atoms with Crippen molar-refractivity contribution in [3.05, 3.63) is 77.9 Å². The summed E-state index contributed by atoms with van der Waals surface area (Å²) in [5.74, 6) is 0. The highest BCUT2D eigenvalue weighted by molar-refractivity contribution is 7.99. The highest BCUT2D eigenvalue weighted by atomic mass is 32.2. The first-order valence-corrected chi connectivity index (χ1v) is 11.2. The van der Waals surface area contributed by atoms with Crippen molar-refractivity contribution in [2.75, 3.05) is 36.0 Å². The average molecular weight is 416 g/mol. The molecule has 2 aliphatic heterocycles. The molecule has 0 radical (unpaired) electrons. The number of anilines is 3. The Labute approximate surface area is 182 Å². The molecule has 1 saturated heterocycles. The van der Waals surface area contributed by atoms with Crippen LogP contribution in [0.5, 0.6) is 0 Å². The summed E-state index contributed by atoms with van der Waals surface area (Å²) in [5.41, 5.74) is 5.81. The fourth-order valence-electron chi connectivity index (χ4n) is 4.35. The number of aryl methyl sites for hydroxylation is 2. The Kier molecular flexibility index (Phi) is 4.91. The van der Waals surface area contributed by atoms with Crippen LogP contribution in [0.15, 0.2) is 76.5 Å². The second-order valence-electron chi connectivity index (χ2n) is 7.92. The molecule has 0 saturated carbocycles. The number of carbonyl (C=O) groups excluding carboxylic acids is 1. The second-order valence-corrected chi connectivity index (χ2v) is 9.00. The largest absolute Gasteiger partial charge is 0.368 e. The van der Waals surface area contributed by atoms with Gasteiger partial charge in [-0.25, -0.2) is 4.79 Å². The fraction of sp³-hybridized carbons (Fsp3) is 0.240. The van der Waals surface area contributed by atoms with Gasteiger partial charge in [0.15, 0.2) is 0 Å². The van der Waals surface area contributed by atoms with Crippen LogP contribution in [0.4, 0.5) is 21.9 Å². The van der Waals surface area contributed by atoms with Gasteiger partial charge in [-0.3, -0.25) is 4.90 Å². The summed E-state index contributed by atoms with van der Waals surface area (Å²) in [5, 5.41) is 0. The minimum Gasteiger partial charge on any atom is -0.368 e. The van der Waals surface area contributed by atoms with Crippen molar-refractivity contribution in [1.82, 2.24) is 4.90 Å². The lowest BCUT2D eigenvalue weighted by molar-refractivity contribution is 0.203. The van der Waals surface area contributed by atoms with E-state index in [-0.39, 0.29) is 6.03 Å². The van der Waals surface area contributed by atoms with Gasteiger partial charge in [0.05, 0.1) is 11.4 Å². The SMILES string of the molecule is Cc1ccc(N2CCN(C(=O)N3c4ccccc4Sc4ccccc43)CC2)c(C)c1. The predicted molar refractivity (Wildman–Crippen MR) is 124 cm³/mol. The van der Waals surface area contributed by atoms with E-state index in [1.165, 1.54) is 16.8 Å². The predicted octanol–water partition coefficient (Wildman–Crippen LogP) is 5.85. The smallest absolute Gasteiger partial charge is 0.329 e. The number of amides is 2. The Morgan fingerprint density at radius 1 is 0.767 bits per heavy atom. The summed E-state index contributed by atoms with van der Waals surface area (Å²) in [7, 11) is 0. The summed E-state index contributed by atoms with van der Waals surface area (Å²) in [6, 6.07) is 23.0. The Bertz CT molecular complexity index is 1060. The third kappa shape index (κ3) is 3.33. The minimum atomic E-state index is 0.0653. The van der Waals surface area contributed by atoms with Gasteiger partial charge in [-0.2, -0.15) is 0 Å². The van der Waals surface area contributed by atoms with Crippen LogP contribution in [0.3, 0.4) is 0 Å². The molecule has 152 valence electrons. The van der Waals surface area contributed by atoms with Crippen molar-refractivity contribution in [2.45, 2.75) is 23.6 Å². The number of rotatable bonds is 1. The zero-order chi connectivity index (χ0) is 20.7. The van der Waals surface area contributed by atoms with Crippen LogP contribution >= 0.6 is 11.8 Å². The molecule has 3 aromatic rings. The van der Waals surface area contributed by atoms with E-state index in [1.807, 2.05) is 46.2 Å². The highest BCUT2D eigenvalue weighted by Gasteiger charge is 2.32. The van der Waals surface area contributed by atoms with Crippen LogP contribution in [0.2, 0.25) is 0 Å². The number of para-hydroxylation sites is 2. The molecule has 0 spiro atoms. The van der Waals surface area contributed by atoms with Gasteiger partial charge in [-0.1, -0.05) is 53.7 Å². The molecule has 3 aromatic carbocycles. The van der Waals surface area contributed by atoms with Gasteiger partial charge in [0.25, 0.3) is 0 Å². The van der Waals surface area contributed by atoms with Gasteiger partial charge in [0.2, 0.25) is 0 Å². The van der Waals surface area contributed by atoms with E-state index >= 15 is 0 Å². The van der Waals surface area contributed by atoms with E-state index in [1.54, 1.807) is 11.8 Å². The lowest BCUT2D eigenvalue weighted by Gasteiger charge is -2.40. The van der Waals surface area contributed by atoms with Crippen molar-refractivity contribution in [1.29, 1.82) is 0 Å². The monoisotopic (exact) mass is 415 g/mol. The van der Waals surface area contributed by atoms with E-state index in [0.717, 1.165) is 47.3 Å². The molecule has 1 fully saturated rings. The molecule has 5 heteroatoms. The topological polar surface area (TPSA) is 26.8 Å². The van der Waals surface area contributed by atoms with E-state index < -0.39 is 0 Å². The fourth-order valence-corrected chi connectivity index (χ4v) is 5.41. The molecular formula is C25H25N3OS. The number of fused-ring (bicyclic) bond motifs is 2. The highest BCUT2D eigenvalue weighted by Crippen LogP contribution is 2.48. The average Bonchev–Trinajstić information content (AvgIpc) is 2.77. The van der Waals surface area contributed by atoms with Crippen molar-refractivity contribution < 1.29 is 4.79 Å². The van der Waals surface area contributed by atoms with Gasteiger partial charge in [0.1, 0.15) is 0 Å². The lowest BCUT2D eigenvalue weighted by atomic mass is 10.1. The number of benzene rings is 3. The summed E-state index contributed by atoms with van der Waals surface area (Å²) >= 11 is 1.73. The maximum atomic E-state index is 13.7. The van der Waals surface area contributed by atoms with Crippen LogP contribution in [0, 0.1) is 13.8 Å². The van der Waals surface area contributed by atoms with E-state index in [9.17, 15) is 4.79 Å². The zero-order valence-corrected chi connectivity index (χ0v) is 18.2. The first-order valence-electron chi connectivity index (χ1n) is 10.4. The number of hydrogen-bond donors (Lipinski definition) is 0. The molecule has 2 amide bonds. The molecule has 0 aromatic heterocycles. The maximum Gasteiger partial charge on any atom is 0.329 e. The van der Waals surface area contributed by atoms with Crippen LogP contribution < -0.4 is 9.80 Å². The number of carbonyl (C=O) groups is 1. The third-order valence-corrected chi connectivity index (χ3v) is 7.00. The number of hydrogen-bond acceptors (Lipinski definition) is 3. The van der Waals surface area contributed by atoms with Gasteiger partial charge in [0, 0.05) is 41.7 Å². The molecule has 4 nitrogen and oxygen atoms in total. The molecule has 5 rings (SSSR count). The Balaban J connectivity index is 1.39. The van der Waals surface area contributed by atoms with E-state index in [2.05, 4.69) is 49.1 Å². The summed E-state index contributed by atoms with van der Waals surface area (Å²) in [6.07, 6.45) is 0. The first-order chi connectivity index (χ1) is 14.6. The van der Waals surface area contributed by atoms with Crippen LogP contribution in [-0.4, -0.2) is 37.1 Å².